The minimum Gasteiger partial charge on any atom is -0.504 e. The Morgan fingerprint density at radius 1 is 0.233 bits per heavy atom. The third-order valence-corrected chi connectivity index (χ3v) is 20.4. The van der Waals surface area contributed by atoms with Crippen LogP contribution in [-0.4, -0.2) is 67.2 Å². The molecule has 0 aliphatic carbocycles. The van der Waals surface area contributed by atoms with Crippen LogP contribution in [0.25, 0.3) is 76.8 Å². The smallest absolute Gasteiger partial charge is 0.208 e. The molecule has 0 fully saturated rings. The lowest BCUT2D eigenvalue weighted by atomic mass is 9.87. The number of hydrogen-bond acceptors (Lipinski definition) is 12. The molecule has 12 aromatic rings. The van der Waals surface area contributed by atoms with Gasteiger partial charge in [-0.1, -0.05) is 171 Å². The predicted molar refractivity (Wildman–Crippen MR) is 353 cm³/mol. The predicted octanol–water partition coefficient (Wildman–Crippen LogP) is 16.9. The molecule has 12 nitrogen and oxygen atoms in total. The second kappa shape index (κ2) is 21.3. The molecule has 12 rings (SSSR count). The van der Waals surface area contributed by atoms with E-state index in [1.807, 2.05) is 24.3 Å². The number of phenols is 10. The summed E-state index contributed by atoms with van der Waals surface area (Å²) in [5.41, 5.74) is 9.40. The van der Waals surface area contributed by atoms with Crippen LogP contribution < -0.4 is 20.2 Å². The minimum atomic E-state index is -1.64. The first kappa shape index (κ1) is 56.0. The zero-order valence-corrected chi connectivity index (χ0v) is 50.0. The number of hydrogen-bond donors (Lipinski definition) is 10. The van der Waals surface area contributed by atoms with Gasteiger partial charge in [-0.3, -0.25) is 0 Å². The highest BCUT2D eigenvalue weighted by Gasteiger charge is 2.28. The summed E-state index contributed by atoms with van der Waals surface area (Å²) in [7, 11) is -3.28. The van der Waals surface area contributed by atoms with Gasteiger partial charge in [0.05, 0.1) is 27.3 Å². The van der Waals surface area contributed by atoms with Crippen LogP contribution in [-0.2, 0) is 0 Å². The van der Waals surface area contributed by atoms with Gasteiger partial charge in [0, 0.05) is 34.1 Å². The summed E-state index contributed by atoms with van der Waals surface area (Å²) >= 11 is 0. The van der Waals surface area contributed by atoms with Crippen LogP contribution in [0, 0.1) is 0 Å². The van der Waals surface area contributed by atoms with Gasteiger partial charge in [-0.2, -0.15) is 0 Å². The van der Waals surface area contributed by atoms with E-state index >= 15 is 0 Å². The van der Waals surface area contributed by atoms with E-state index in [1.165, 1.54) is 10.4 Å². The van der Waals surface area contributed by atoms with Crippen LogP contribution in [0.3, 0.4) is 0 Å². The Morgan fingerprint density at radius 3 is 0.709 bits per heavy atom. The van der Waals surface area contributed by atoms with Crippen LogP contribution in [0.1, 0.15) is 0 Å². The molecule has 0 radical (unpaired) electrons. The highest BCUT2D eigenvalue weighted by molar-refractivity contribution is 6.89. The summed E-state index contributed by atoms with van der Waals surface area (Å²) in [6, 6.07) is 69.7. The van der Waals surface area contributed by atoms with E-state index in [1.54, 1.807) is 24.3 Å². The third kappa shape index (κ3) is 9.69. The Hall–Kier alpha value is -10.5. The largest absolute Gasteiger partial charge is 0.504 e. The van der Waals surface area contributed by atoms with Gasteiger partial charge in [0.15, 0.2) is 23.0 Å². The number of nitrogens with zero attached hydrogens (tertiary/aromatic N) is 2. The molecule has 0 unspecified atom stereocenters. The van der Waals surface area contributed by atoms with Crippen molar-refractivity contribution in [3.05, 3.63) is 206 Å². The summed E-state index contributed by atoms with van der Waals surface area (Å²) in [5, 5.41) is 114. The maximum Gasteiger partial charge on any atom is 0.208 e. The summed E-state index contributed by atoms with van der Waals surface area (Å²) < 4.78 is 0. The number of phenolic OH excluding ortho intramolecular Hbond substituents is 10. The molecular formula is C72H62N2O10Si2. The summed E-state index contributed by atoms with van der Waals surface area (Å²) in [6.45, 7) is 13.8. The molecule has 0 aromatic heterocycles. The van der Waals surface area contributed by atoms with E-state index < -0.39 is 73.6 Å². The lowest BCUT2D eigenvalue weighted by molar-refractivity contribution is 0.330. The van der Waals surface area contributed by atoms with Gasteiger partial charge >= 0.3 is 0 Å². The van der Waals surface area contributed by atoms with E-state index in [9.17, 15) is 51.1 Å². The van der Waals surface area contributed by atoms with E-state index in [0.29, 0.717) is 11.1 Å². The molecule has 0 amide bonds. The number of fused-ring (bicyclic) bond motifs is 5. The molecule has 0 aliphatic heterocycles. The van der Waals surface area contributed by atoms with Gasteiger partial charge in [-0.15, -0.1) is 0 Å². The van der Waals surface area contributed by atoms with Crippen molar-refractivity contribution >= 4 is 93.0 Å². The Morgan fingerprint density at radius 2 is 0.453 bits per heavy atom. The monoisotopic (exact) mass is 1170 g/mol. The Kier molecular flexibility index (Phi) is 13.8. The minimum absolute atomic E-state index is 0.224. The van der Waals surface area contributed by atoms with Crippen LogP contribution in [0.2, 0.25) is 39.3 Å². The SMILES string of the molecule is C[Si](C)(C)c1ccc(N(c2ccc(-c3c(O)c(O)c(O)c(O)c3O)cc2)c2ccc(-c3cc4c5ccccc5c(-c5ccc(N(c6ccc(-c7c(O)c(O)c(O)c(O)c7O)cc6)c6ccc([Si](C)(C)C)cc6)cc5)cc4c4ccccc34)cc2)cc1. The molecule has 0 saturated heterocycles. The summed E-state index contributed by atoms with van der Waals surface area (Å²) in [6.07, 6.45) is 0. The molecule has 14 heteroatoms. The first-order valence-electron chi connectivity index (χ1n) is 28.1. The molecule has 0 spiro atoms. The molecule has 0 heterocycles. The fourth-order valence-electron chi connectivity index (χ4n) is 11.6. The zero-order chi connectivity index (χ0) is 60.7. The highest BCUT2D eigenvalue weighted by atomic mass is 28.3. The molecule has 10 N–H and O–H groups in total. The average molecular weight is 1170 g/mol. The normalized spacial score (nSPS) is 11.8. The molecule has 0 atom stereocenters. The fraction of sp³-hybridized carbons (Fsp3) is 0.0833. The summed E-state index contributed by atoms with van der Waals surface area (Å²) in [5.74, 6) is -8.85. The fourth-order valence-corrected chi connectivity index (χ4v) is 13.9. The molecule has 12 aromatic carbocycles. The van der Waals surface area contributed by atoms with Gasteiger partial charge < -0.3 is 60.9 Å². The van der Waals surface area contributed by atoms with Crippen molar-refractivity contribution < 1.29 is 51.1 Å². The zero-order valence-electron chi connectivity index (χ0n) is 48.0. The van der Waals surface area contributed by atoms with Gasteiger partial charge in [-0.25, -0.2) is 0 Å². The highest BCUT2D eigenvalue weighted by Crippen LogP contribution is 2.57. The van der Waals surface area contributed by atoms with Crippen molar-refractivity contribution in [2.75, 3.05) is 9.80 Å². The number of anilines is 6. The van der Waals surface area contributed by atoms with Gasteiger partial charge in [-0.05, 0) is 151 Å². The average Bonchev–Trinajstić information content (AvgIpc) is 1.06. The third-order valence-electron chi connectivity index (χ3n) is 16.3. The second-order valence-electron chi connectivity index (χ2n) is 23.7. The lowest BCUT2D eigenvalue weighted by Gasteiger charge is -2.27. The van der Waals surface area contributed by atoms with Crippen LogP contribution in [0.15, 0.2) is 206 Å². The van der Waals surface area contributed by atoms with E-state index in [4.69, 9.17) is 0 Å². The van der Waals surface area contributed by atoms with Crippen molar-refractivity contribution in [3.8, 4) is 102 Å². The topological polar surface area (TPSA) is 209 Å². The first-order chi connectivity index (χ1) is 41.1. The Labute approximate surface area is 498 Å². The van der Waals surface area contributed by atoms with Crippen molar-refractivity contribution in [2.45, 2.75) is 39.3 Å². The number of benzene rings is 12. The lowest BCUT2D eigenvalue weighted by Crippen LogP contribution is -2.37. The van der Waals surface area contributed by atoms with Crippen molar-refractivity contribution in [1.82, 2.24) is 0 Å². The maximum atomic E-state index is 10.8. The van der Waals surface area contributed by atoms with Gasteiger partial charge in [0.1, 0.15) is 0 Å². The van der Waals surface area contributed by atoms with Crippen molar-refractivity contribution in [3.63, 3.8) is 0 Å². The Bertz CT molecular complexity index is 4270. The Balaban J connectivity index is 0.924. The molecule has 428 valence electrons. The molecule has 0 saturated carbocycles. The molecule has 0 aliphatic rings. The van der Waals surface area contributed by atoms with E-state index in [2.05, 4.69) is 207 Å². The van der Waals surface area contributed by atoms with E-state index in [0.717, 1.165) is 88.7 Å². The van der Waals surface area contributed by atoms with E-state index in [-0.39, 0.29) is 11.1 Å². The van der Waals surface area contributed by atoms with Crippen molar-refractivity contribution in [2.24, 2.45) is 0 Å². The number of aromatic hydroxyl groups is 10. The van der Waals surface area contributed by atoms with Gasteiger partial charge in [0.25, 0.3) is 0 Å². The summed E-state index contributed by atoms with van der Waals surface area (Å²) in [4.78, 5) is 4.24. The van der Waals surface area contributed by atoms with Gasteiger partial charge in [0.2, 0.25) is 34.5 Å². The second-order valence-corrected chi connectivity index (χ2v) is 33.9. The number of rotatable bonds is 12. The maximum absolute atomic E-state index is 10.8. The standard InChI is InChI=1S/C72H62N2O10Si2/c1-85(2,3)51-35-31-49(32-36-51)73(47-27-19-43(20-28-47)61-63(75)67(79)71(83)68(80)64(61)76)45-23-15-41(16-24-45)57-39-59-56-14-10-8-12-54(56)58(40-60(59)55-13-9-7-11-53(55)57)42-17-25-46(26-18-42)74(50-33-37-52(38-34-50)86(4,5)6)48-29-21-44(22-30-48)62-65(77)69(81)72(84)70(82)66(62)78/h7-40,75-84H,1-6H3. The van der Waals surface area contributed by atoms with Crippen LogP contribution in [0.5, 0.6) is 57.5 Å². The molecule has 86 heavy (non-hydrogen) atoms. The van der Waals surface area contributed by atoms with Crippen LogP contribution in [0.4, 0.5) is 34.1 Å². The van der Waals surface area contributed by atoms with Crippen molar-refractivity contribution in [1.29, 1.82) is 0 Å². The first-order valence-corrected chi connectivity index (χ1v) is 35.1. The molecular weight excluding hydrogens is 1110 g/mol. The van der Waals surface area contributed by atoms with Crippen LogP contribution >= 0.6 is 0 Å². The quantitative estimate of drug-likeness (QED) is 0.0240. The molecule has 0 bridgehead atoms.